The standard InChI is InChI=1S/C14H12N2O5S/c1-22(20,21)13-4-2-3-11(8-13)15-9-10-7-12(16(18)19)5-6-14(10)17/h2-9,17H,1H3. The number of aliphatic imine (C=N–C) groups is 1. The van der Waals surface area contributed by atoms with Crippen molar-refractivity contribution in [1.29, 1.82) is 0 Å². The molecular weight excluding hydrogens is 308 g/mol. The molecule has 1 N–H and O–H groups in total. The van der Waals surface area contributed by atoms with Crippen molar-refractivity contribution in [3.05, 3.63) is 58.1 Å². The number of rotatable bonds is 4. The Morgan fingerprint density at radius 2 is 1.95 bits per heavy atom. The lowest BCUT2D eigenvalue weighted by atomic mass is 10.2. The van der Waals surface area contributed by atoms with Crippen LogP contribution in [0, 0.1) is 10.1 Å². The molecule has 0 atom stereocenters. The maximum absolute atomic E-state index is 11.5. The zero-order chi connectivity index (χ0) is 16.3. The van der Waals surface area contributed by atoms with E-state index in [-0.39, 0.29) is 21.9 Å². The molecule has 0 fully saturated rings. The SMILES string of the molecule is CS(=O)(=O)c1cccc(N=Cc2cc([N+](=O)[O-])ccc2O)c1. The predicted molar refractivity (Wildman–Crippen MR) is 81.6 cm³/mol. The van der Waals surface area contributed by atoms with Crippen LogP contribution in [0.3, 0.4) is 0 Å². The Bertz CT molecular complexity index is 859. The third kappa shape index (κ3) is 3.67. The van der Waals surface area contributed by atoms with Gasteiger partial charge in [-0.25, -0.2) is 8.42 Å². The van der Waals surface area contributed by atoms with E-state index < -0.39 is 14.8 Å². The fraction of sp³-hybridized carbons (Fsp3) is 0.0714. The quantitative estimate of drug-likeness (QED) is 0.528. The first kappa shape index (κ1) is 15.6. The van der Waals surface area contributed by atoms with Crippen molar-refractivity contribution in [1.82, 2.24) is 0 Å². The molecule has 0 unspecified atom stereocenters. The van der Waals surface area contributed by atoms with Gasteiger partial charge < -0.3 is 5.11 Å². The molecule has 0 aromatic heterocycles. The lowest BCUT2D eigenvalue weighted by Crippen LogP contribution is -1.95. The number of phenolic OH excluding ortho intramolecular Hbond substituents is 1. The molecular formula is C14H12N2O5S. The van der Waals surface area contributed by atoms with Crippen molar-refractivity contribution in [2.75, 3.05) is 6.26 Å². The third-order valence-corrected chi connectivity index (χ3v) is 3.93. The molecule has 0 saturated heterocycles. The van der Waals surface area contributed by atoms with Crippen LogP contribution in [-0.2, 0) is 9.84 Å². The zero-order valence-electron chi connectivity index (χ0n) is 11.5. The van der Waals surface area contributed by atoms with E-state index in [1.165, 1.54) is 42.6 Å². The maximum Gasteiger partial charge on any atom is 0.270 e. The summed E-state index contributed by atoms with van der Waals surface area (Å²) in [5.41, 5.74) is 0.344. The fourth-order valence-electron chi connectivity index (χ4n) is 1.70. The molecule has 0 saturated carbocycles. The molecule has 22 heavy (non-hydrogen) atoms. The van der Waals surface area contributed by atoms with Gasteiger partial charge >= 0.3 is 0 Å². The lowest BCUT2D eigenvalue weighted by Gasteiger charge is -2.01. The molecule has 8 heteroatoms. The Labute approximate surface area is 126 Å². The first-order valence-corrected chi connectivity index (χ1v) is 7.98. The number of benzene rings is 2. The van der Waals surface area contributed by atoms with E-state index in [1.807, 2.05) is 0 Å². The number of aromatic hydroxyl groups is 1. The Morgan fingerprint density at radius 1 is 1.23 bits per heavy atom. The van der Waals surface area contributed by atoms with Gasteiger partial charge in [-0.3, -0.25) is 15.1 Å². The van der Waals surface area contributed by atoms with Gasteiger partial charge in [0.25, 0.3) is 5.69 Å². The van der Waals surface area contributed by atoms with Crippen LogP contribution in [-0.4, -0.2) is 30.9 Å². The molecule has 2 rings (SSSR count). The van der Waals surface area contributed by atoms with Gasteiger partial charge in [0, 0.05) is 30.2 Å². The van der Waals surface area contributed by atoms with Gasteiger partial charge in [-0.05, 0) is 24.3 Å². The smallest absolute Gasteiger partial charge is 0.270 e. The van der Waals surface area contributed by atoms with Gasteiger partial charge in [-0.1, -0.05) is 6.07 Å². The van der Waals surface area contributed by atoms with E-state index in [2.05, 4.69) is 4.99 Å². The van der Waals surface area contributed by atoms with Crippen LogP contribution in [0.4, 0.5) is 11.4 Å². The van der Waals surface area contributed by atoms with Crippen LogP contribution in [0.25, 0.3) is 0 Å². The number of phenols is 1. The molecule has 114 valence electrons. The van der Waals surface area contributed by atoms with Crippen LogP contribution in [0.2, 0.25) is 0 Å². The second kappa shape index (κ2) is 5.94. The number of nitro groups is 1. The van der Waals surface area contributed by atoms with Gasteiger partial charge in [0.1, 0.15) is 5.75 Å². The molecule has 0 bridgehead atoms. The van der Waals surface area contributed by atoms with Crippen molar-refractivity contribution in [3.8, 4) is 5.75 Å². The topological polar surface area (TPSA) is 110 Å². The Hall–Kier alpha value is -2.74. The Kier molecular flexibility index (Phi) is 4.22. The molecule has 0 radical (unpaired) electrons. The van der Waals surface area contributed by atoms with E-state index in [0.717, 1.165) is 6.26 Å². The largest absolute Gasteiger partial charge is 0.507 e. The van der Waals surface area contributed by atoms with Gasteiger partial charge in [0.05, 0.1) is 15.5 Å². The number of nitrogens with zero attached hydrogens (tertiary/aromatic N) is 2. The minimum atomic E-state index is -3.35. The van der Waals surface area contributed by atoms with Crippen molar-refractivity contribution in [2.24, 2.45) is 4.99 Å². The average molecular weight is 320 g/mol. The molecule has 2 aromatic rings. The highest BCUT2D eigenvalue weighted by molar-refractivity contribution is 7.90. The van der Waals surface area contributed by atoms with Gasteiger partial charge in [0.2, 0.25) is 0 Å². The first-order valence-electron chi connectivity index (χ1n) is 6.09. The molecule has 0 heterocycles. The van der Waals surface area contributed by atoms with Crippen LogP contribution in [0.1, 0.15) is 5.56 Å². The molecule has 2 aromatic carbocycles. The predicted octanol–water partition coefficient (Wildman–Crippen LogP) is 2.45. The van der Waals surface area contributed by atoms with Crippen molar-refractivity contribution in [2.45, 2.75) is 4.90 Å². The monoisotopic (exact) mass is 320 g/mol. The second-order valence-electron chi connectivity index (χ2n) is 4.53. The van der Waals surface area contributed by atoms with E-state index in [9.17, 15) is 23.6 Å². The first-order chi connectivity index (χ1) is 10.3. The van der Waals surface area contributed by atoms with E-state index in [1.54, 1.807) is 6.07 Å². The highest BCUT2D eigenvalue weighted by atomic mass is 32.2. The molecule has 0 spiro atoms. The summed E-state index contributed by atoms with van der Waals surface area (Å²) in [4.78, 5) is 14.3. The number of sulfone groups is 1. The van der Waals surface area contributed by atoms with Crippen LogP contribution < -0.4 is 0 Å². The summed E-state index contributed by atoms with van der Waals surface area (Å²) in [6, 6.07) is 9.50. The molecule has 0 aliphatic carbocycles. The minimum absolute atomic E-state index is 0.116. The molecule has 7 nitrogen and oxygen atoms in total. The van der Waals surface area contributed by atoms with E-state index in [4.69, 9.17) is 0 Å². The molecule has 0 amide bonds. The summed E-state index contributed by atoms with van der Waals surface area (Å²) < 4.78 is 22.9. The Balaban J connectivity index is 2.37. The van der Waals surface area contributed by atoms with Gasteiger partial charge in [-0.2, -0.15) is 0 Å². The summed E-state index contributed by atoms with van der Waals surface area (Å²) >= 11 is 0. The van der Waals surface area contributed by atoms with Gasteiger partial charge in [-0.15, -0.1) is 0 Å². The van der Waals surface area contributed by atoms with E-state index in [0.29, 0.717) is 5.69 Å². The minimum Gasteiger partial charge on any atom is -0.507 e. The summed E-state index contributed by atoms with van der Waals surface area (Å²) in [5.74, 6) is -0.159. The third-order valence-electron chi connectivity index (χ3n) is 2.82. The highest BCUT2D eigenvalue weighted by Crippen LogP contribution is 2.23. The fourth-order valence-corrected chi connectivity index (χ4v) is 2.36. The number of hydrogen-bond acceptors (Lipinski definition) is 6. The van der Waals surface area contributed by atoms with Crippen molar-refractivity contribution < 1.29 is 18.4 Å². The summed E-state index contributed by atoms with van der Waals surface area (Å²) in [7, 11) is -3.35. The number of hydrogen-bond donors (Lipinski definition) is 1. The Morgan fingerprint density at radius 3 is 2.59 bits per heavy atom. The highest BCUT2D eigenvalue weighted by Gasteiger charge is 2.09. The summed E-state index contributed by atoms with van der Waals surface area (Å²) in [5, 5.41) is 20.4. The van der Waals surface area contributed by atoms with Crippen LogP contribution in [0.5, 0.6) is 5.75 Å². The molecule has 0 aliphatic rings. The van der Waals surface area contributed by atoms with Crippen LogP contribution in [0.15, 0.2) is 52.4 Å². The van der Waals surface area contributed by atoms with Crippen molar-refractivity contribution >= 4 is 27.4 Å². The zero-order valence-corrected chi connectivity index (χ0v) is 12.3. The van der Waals surface area contributed by atoms with Crippen molar-refractivity contribution in [3.63, 3.8) is 0 Å². The molecule has 0 aliphatic heterocycles. The normalized spacial score (nSPS) is 11.7. The second-order valence-corrected chi connectivity index (χ2v) is 6.54. The van der Waals surface area contributed by atoms with Gasteiger partial charge in [0.15, 0.2) is 9.84 Å². The number of nitro benzene ring substituents is 1. The van der Waals surface area contributed by atoms with Crippen LogP contribution >= 0.6 is 0 Å². The summed E-state index contributed by atoms with van der Waals surface area (Å²) in [6.07, 6.45) is 2.33. The average Bonchev–Trinajstić information content (AvgIpc) is 2.45. The lowest BCUT2D eigenvalue weighted by molar-refractivity contribution is -0.384. The number of non-ortho nitro benzene ring substituents is 1. The van der Waals surface area contributed by atoms with E-state index >= 15 is 0 Å². The maximum atomic E-state index is 11.5. The summed E-state index contributed by atoms with van der Waals surface area (Å²) in [6.45, 7) is 0.